The first kappa shape index (κ1) is 9.10. The first-order valence-corrected chi connectivity index (χ1v) is 5.72. The molecular formula is C11H19FN2. The van der Waals surface area contributed by atoms with Crippen molar-refractivity contribution in [3.05, 3.63) is 0 Å². The first-order valence-electron chi connectivity index (χ1n) is 5.72. The summed E-state index contributed by atoms with van der Waals surface area (Å²) in [5.41, 5.74) is 0.779. The number of likely N-dealkylation sites (N-methyl/N-ethyl adjacent to an activating group) is 1. The van der Waals surface area contributed by atoms with Gasteiger partial charge in [0.15, 0.2) is 0 Å². The van der Waals surface area contributed by atoms with E-state index in [0.29, 0.717) is 12.0 Å². The molecule has 2 heterocycles. The van der Waals surface area contributed by atoms with E-state index in [2.05, 4.69) is 10.2 Å². The van der Waals surface area contributed by atoms with Gasteiger partial charge in [-0.15, -0.1) is 0 Å². The summed E-state index contributed by atoms with van der Waals surface area (Å²) in [5.74, 6) is 0. The second kappa shape index (κ2) is 2.70. The van der Waals surface area contributed by atoms with E-state index in [-0.39, 0.29) is 5.54 Å². The van der Waals surface area contributed by atoms with Gasteiger partial charge in [0.05, 0.1) is 0 Å². The Morgan fingerprint density at radius 3 is 2.93 bits per heavy atom. The highest BCUT2D eigenvalue weighted by atomic mass is 19.1. The van der Waals surface area contributed by atoms with Gasteiger partial charge in [-0.25, -0.2) is 4.39 Å². The van der Waals surface area contributed by atoms with Crippen LogP contribution in [0.5, 0.6) is 0 Å². The minimum absolute atomic E-state index is 0.171. The molecule has 1 aliphatic carbocycles. The molecule has 80 valence electrons. The summed E-state index contributed by atoms with van der Waals surface area (Å²) in [6.45, 7) is 2.81. The first-order chi connectivity index (χ1) is 6.68. The monoisotopic (exact) mass is 198 g/mol. The van der Waals surface area contributed by atoms with E-state index < -0.39 is 6.17 Å². The van der Waals surface area contributed by atoms with Crippen molar-refractivity contribution in [3.63, 3.8) is 0 Å². The van der Waals surface area contributed by atoms with Crippen LogP contribution in [-0.4, -0.2) is 43.3 Å². The molecule has 0 aromatic carbocycles. The average molecular weight is 198 g/mol. The molecule has 0 amide bonds. The summed E-state index contributed by atoms with van der Waals surface area (Å²) in [6, 6.07) is 0. The topological polar surface area (TPSA) is 15.3 Å². The lowest BCUT2D eigenvalue weighted by molar-refractivity contribution is 0.193. The average Bonchev–Trinajstić information content (AvgIpc) is 2.67. The van der Waals surface area contributed by atoms with Gasteiger partial charge >= 0.3 is 0 Å². The molecule has 3 aliphatic rings. The third-order valence-electron chi connectivity index (χ3n) is 4.38. The van der Waals surface area contributed by atoms with Crippen LogP contribution in [-0.2, 0) is 0 Å². The predicted octanol–water partition coefficient (Wildman–Crippen LogP) is 1.17. The fraction of sp³-hybridized carbons (Fsp3) is 1.00. The molecule has 2 unspecified atom stereocenters. The zero-order valence-electron chi connectivity index (χ0n) is 8.85. The van der Waals surface area contributed by atoms with Crippen LogP contribution in [0, 0.1) is 5.41 Å². The number of hydrogen-bond acceptors (Lipinski definition) is 2. The molecular weight excluding hydrogens is 179 g/mol. The van der Waals surface area contributed by atoms with Crippen molar-refractivity contribution < 1.29 is 4.39 Å². The highest BCUT2D eigenvalue weighted by Crippen LogP contribution is 2.60. The zero-order valence-corrected chi connectivity index (χ0v) is 8.85. The molecule has 2 atom stereocenters. The van der Waals surface area contributed by atoms with E-state index in [1.54, 1.807) is 0 Å². The molecule has 14 heavy (non-hydrogen) atoms. The van der Waals surface area contributed by atoms with E-state index in [1.165, 1.54) is 19.3 Å². The Balaban J connectivity index is 1.82. The Morgan fingerprint density at radius 2 is 2.29 bits per heavy atom. The Hall–Kier alpha value is -0.150. The van der Waals surface area contributed by atoms with Crippen LogP contribution in [0.25, 0.3) is 0 Å². The lowest BCUT2D eigenvalue weighted by Gasteiger charge is -2.31. The number of nitrogens with one attached hydrogen (secondary N) is 1. The summed E-state index contributed by atoms with van der Waals surface area (Å²) in [5, 5.41) is 3.25. The Morgan fingerprint density at radius 1 is 1.50 bits per heavy atom. The summed E-state index contributed by atoms with van der Waals surface area (Å²) in [6.07, 6.45) is 4.17. The van der Waals surface area contributed by atoms with Gasteiger partial charge in [0.25, 0.3) is 0 Å². The van der Waals surface area contributed by atoms with Crippen LogP contribution in [0.3, 0.4) is 0 Å². The van der Waals surface area contributed by atoms with Gasteiger partial charge in [-0.2, -0.15) is 0 Å². The van der Waals surface area contributed by atoms with Crippen molar-refractivity contribution in [2.75, 3.05) is 26.7 Å². The molecule has 3 fully saturated rings. The molecule has 2 nitrogen and oxygen atoms in total. The quantitative estimate of drug-likeness (QED) is 0.716. The summed E-state index contributed by atoms with van der Waals surface area (Å²) < 4.78 is 13.4. The van der Waals surface area contributed by atoms with E-state index in [9.17, 15) is 4.39 Å². The summed E-state index contributed by atoms with van der Waals surface area (Å²) in [4.78, 5) is 2.42. The van der Waals surface area contributed by atoms with Crippen LogP contribution in [0.4, 0.5) is 4.39 Å². The van der Waals surface area contributed by atoms with Crippen molar-refractivity contribution in [3.8, 4) is 0 Å². The fourth-order valence-corrected chi connectivity index (χ4v) is 3.70. The minimum Gasteiger partial charge on any atom is -0.318 e. The molecule has 1 spiro atoms. The van der Waals surface area contributed by atoms with Gasteiger partial charge in [-0.1, -0.05) is 0 Å². The zero-order chi connectivity index (χ0) is 9.81. The van der Waals surface area contributed by atoms with Gasteiger partial charge in [-0.05, 0) is 38.1 Å². The summed E-state index contributed by atoms with van der Waals surface area (Å²) in [7, 11) is 1.98. The molecule has 0 aromatic heterocycles. The molecule has 2 aliphatic heterocycles. The maximum atomic E-state index is 13.4. The van der Waals surface area contributed by atoms with Crippen LogP contribution < -0.4 is 5.32 Å². The van der Waals surface area contributed by atoms with Gasteiger partial charge in [0, 0.05) is 25.2 Å². The third kappa shape index (κ3) is 1.15. The Labute approximate surface area is 84.8 Å². The standard InChI is InChI=1S/C11H19FN2/c1-13-7-11-4-9(12)5-14(11)8-10(6-11)2-3-10/h9,13H,2-8H2,1H3. The molecule has 3 heteroatoms. The van der Waals surface area contributed by atoms with Crippen molar-refractivity contribution in [2.24, 2.45) is 5.41 Å². The largest absolute Gasteiger partial charge is 0.318 e. The Bertz CT molecular complexity index is 252. The lowest BCUT2D eigenvalue weighted by Crippen LogP contribution is -2.45. The predicted molar refractivity (Wildman–Crippen MR) is 54.0 cm³/mol. The van der Waals surface area contributed by atoms with Crippen LogP contribution in [0.15, 0.2) is 0 Å². The number of nitrogens with zero attached hydrogens (tertiary/aromatic N) is 1. The van der Waals surface area contributed by atoms with E-state index in [1.807, 2.05) is 7.05 Å². The van der Waals surface area contributed by atoms with Gasteiger partial charge in [0.1, 0.15) is 6.17 Å². The van der Waals surface area contributed by atoms with E-state index in [4.69, 9.17) is 0 Å². The van der Waals surface area contributed by atoms with Crippen LogP contribution >= 0.6 is 0 Å². The van der Waals surface area contributed by atoms with Gasteiger partial charge < -0.3 is 5.32 Å². The number of halogens is 1. The molecule has 1 saturated carbocycles. The second-order valence-electron chi connectivity index (χ2n) is 5.61. The third-order valence-corrected chi connectivity index (χ3v) is 4.38. The van der Waals surface area contributed by atoms with E-state index in [0.717, 1.165) is 19.5 Å². The molecule has 2 saturated heterocycles. The van der Waals surface area contributed by atoms with Gasteiger partial charge in [-0.3, -0.25) is 4.90 Å². The lowest BCUT2D eigenvalue weighted by atomic mass is 9.88. The number of alkyl halides is 1. The number of hydrogen-bond donors (Lipinski definition) is 1. The van der Waals surface area contributed by atoms with Crippen LogP contribution in [0.1, 0.15) is 25.7 Å². The van der Waals surface area contributed by atoms with Crippen molar-refractivity contribution >= 4 is 0 Å². The van der Waals surface area contributed by atoms with Crippen molar-refractivity contribution in [2.45, 2.75) is 37.4 Å². The SMILES string of the molecule is CNCC12CC(F)CN1CC1(CC1)C2. The van der Waals surface area contributed by atoms with Crippen LogP contribution in [0.2, 0.25) is 0 Å². The fourth-order valence-electron chi connectivity index (χ4n) is 3.70. The highest BCUT2D eigenvalue weighted by Gasteiger charge is 2.61. The molecule has 0 aromatic rings. The molecule has 0 bridgehead atoms. The summed E-state index contributed by atoms with van der Waals surface area (Å²) >= 11 is 0. The number of fused-ring (bicyclic) bond motifs is 1. The second-order valence-corrected chi connectivity index (χ2v) is 5.61. The Kier molecular flexibility index (Phi) is 1.76. The van der Waals surface area contributed by atoms with Crippen molar-refractivity contribution in [1.82, 2.24) is 10.2 Å². The van der Waals surface area contributed by atoms with Gasteiger partial charge in [0.2, 0.25) is 0 Å². The van der Waals surface area contributed by atoms with Crippen molar-refractivity contribution in [1.29, 1.82) is 0 Å². The molecule has 3 rings (SSSR count). The molecule has 1 N–H and O–H groups in total. The minimum atomic E-state index is -0.584. The smallest absolute Gasteiger partial charge is 0.115 e. The normalized spacial score (nSPS) is 44.6. The maximum absolute atomic E-state index is 13.4. The maximum Gasteiger partial charge on any atom is 0.115 e. The number of rotatable bonds is 2. The highest BCUT2D eigenvalue weighted by molar-refractivity contribution is 5.16. The molecule has 0 radical (unpaired) electrons. The van der Waals surface area contributed by atoms with E-state index >= 15 is 0 Å².